The van der Waals surface area contributed by atoms with Gasteiger partial charge in [0.15, 0.2) is 12.6 Å². The van der Waals surface area contributed by atoms with Crippen LogP contribution in [0.15, 0.2) is 0 Å². The lowest BCUT2D eigenvalue weighted by Gasteiger charge is -2.26. The van der Waals surface area contributed by atoms with Crippen molar-refractivity contribution in [3.05, 3.63) is 0 Å². The summed E-state index contributed by atoms with van der Waals surface area (Å²) >= 11 is 0. The maximum absolute atomic E-state index is 5.68. The average Bonchev–Trinajstić information content (AvgIpc) is 2.24. The molecule has 0 aromatic rings. The van der Waals surface area contributed by atoms with Crippen LogP contribution in [0.2, 0.25) is 0 Å². The topological polar surface area (TPSA) is 46.2 Å². The van der Waals surface area contributed by atoms with Gasteiger partial charge in [-0.2, -0.15) is 0 Å². The zero-order chi connectivity index (χ0) is 16.4. The minimum atomic E-state index is -0.372. The molecular formula is C16H34O5. The maximum atomic E-state index is 5.68. The zero-order valence-electron chi connectivity index (χ0n) is 14.9. The van der Waals surface area contributed by atoms with Gasteiger partial charge < -0.3 is 23.7 Å². The van der Waals surface area contributed by atoms with Gasteiger partial charge in [-0.3, -0.25) is 0 Å². The van der Waals surface area contributed by atoms with E-state index in [1.54, 1.807) is 0 Å². The predicted octanol–water partition coefficient (Wildman–Crippen LogP) is 3.36. The molecule has 128 valence electrons. The van der Waals surface area contributed by atoms with E-state index >= 15 is 0 Å². The van der Waals surface area contributed by atoms with Crippen molar-refractivity contribution in [2.45, 2.75) is 92.4 Å². The SMILES string of the molecule is CC(C)OC(COCC(OC(C)C)OC(C)C)OC(C)C. The van der Waals surface area contributed by atoms with E-state index in [2.05, 4.69) is 0 Å². The van der Waals surface area contributed by atoms with Crippen molar-refractivity contribution in [3.8, 4) is 0 Å². The molecule has 0 atom stereocenters. The van der Waals surface area contributed by atoms with Crippen LogP contribution < -0.4 is 0 Å². The van der Waals surface area contributed by atoms with Gasteiger partial charge >= 0.3 is 0 Å². The Hall–Kier alpha value is -0.200. The predicted molar refractivity (Wildman–Crippen MR) is 83.3 cm³/mol. The smallest absolute Gasteiger partial charge is 0.181 e. The highest BCUT2D eigenvalue weighted by molar-refractivity contribution is 4.53. The summed E-state index contributed by atoms with van der Waals surface area (Å²) in [6, 6.07) is 0. The van der Waals surface area contributed by atoms with Crippen LogP contribution in [0, 0.1) is 0 Å². The molecule has 0 saturated heterocycles. The van der Waals surface area contributed by atoms with Crippen molar-refractivity contribution in [2.75, 3.05) is 13.2 Å². The van der Waals surface area contributed by atoms with Gasteiger partial charge in [-0.1, -0.05) is 0 Å². The average molecular weight is 306 g/mol. The molecule has 5 heteroatoms. The van der Waals surface area contributed by atoms with Crippen LogP contribution in [0.25, 0.3) is 0 Å². The highest BCUT2D eigenvalue weighted by Gasteiger charge is 2.17. The van der Waals surface area contributed by atoms with Gasteiger partial charge in [0.05, 0.1) is 37.6 Å². The highest BCUT2D eigenvalue weighted by atomic mass is 16.7. The molecule has 0 bridgehead atoms. The number of rotatable bonds is 12. The van der Waals surface area contributed by atoms with Gasteiger partial charge in [0.25, 0.3) is 0 Å². The molecule has 0 saturated carbocycles. The third-order valence-electron chi connectivity index (χ3n) is 2.20. The number of ether oxygens (including phenoxy) is 5. The van der Waals surface area contributed by atoms with Gasteiger partial charge in [-0.15, -0.1) is 0 Å². The van der Waals surface area contributed by atoms with Crippen molar-refractivity contribution >= 4 is 0 Å². The summed E-state index contributed by atoms with van der Waals surface area (Å²) < 4.78 is 28.4. The van der Waals surface area contributed by atoms with Gasteiger partial charge in [-0.25, -0.2) is 0 Å². The number of hydrogen-bond donors (Lipinski definition) is 0. The van der Waals surface area contributed by atoms with Crippen molar-refractivity contribution in [3.63, 3.8) is 0 Å². The van der Waals surface area contributed by atoms with Crippen molar-refractivity contribution in [1.82, 2.24) is 0 Å². The molecular weight excluding hydrogens is 272 g/mol. The van der Waals surface area contributed by atoms with E-state index in [1.807, 2.05) is 55.4 Å². The van der Waals surface area contributed by atoms with E-state index < -0.39 is 0 Å². The molecule has 5 nitrogen and oxygen atoms in total. The standard InChI is InChI=1S/C16H34O5/c1-11(2)18-15(19-12(3)4)9-17-10-16(20-13(5)6)21-14(7)8/h11-16H,9-10H2,1-8H3. The molecule has 0 radical (unpaired) electrons. The molecule has 0 aliphatic carbocycles. The molecule has 0 aromatic heterocycles. The lowest BCUT2D eigenvalue weighted by atomic mass is 10.4. The van der Waals surface area contributed by atoms with Crippen molar-refractivity contribution in [1.29, 1.82) is 0 Å². The Balaban J connectivity index is 4.21. The molecule has 0 spiro atoms. The maximum Gasteiger partial charge on any atom is 0.181 e. The second-order valence-electron chi connectivity index (χ2n) is 6.14. The van der Waals surface area contributed by atoms with Crippen molar-refractivity contribution < 1.29 is 23.7 Å². The third kappa shape index (κ3) is 13.2. The summed E-state index contributed by atoms with van der Waals surface area (Å²) in [6.07, 6.45) is -0.384. The Morgan fingerprint density at radius 1 is 0.476 bits per heavy atom. The van der Waals surface area contributed by atoms with Gasteiger partial charge in [-0.05, 0) is 55.4 Å². The summed E-state index contributed by atoms with van der Waals surface area (Å²) in [7, 11) is 0. The minimum Gasteiger partial charge on any atom is -0.371 e. The first-order valence-corrected chi connectivity index (χ1v) is 7.90. The summed E-state index contributed by atoms with van der Waals surface area (Å²) in [5.74, 6) is 0. The Bertz CT molecular complexity index is 197. The van der Waals surface area contributed by atoms with Crippen LogP contribution in [-0.2, 0) is 23.7 Å². The molecule has 0 amide bonds. The quantitative estimate of drug-likeness (QED) is 0.517. The Labute approximate surface area is 130 Å². The van der Waals surface area contributed by atoms with Crippen LogP contribution in [0.5, 0.6) is 0 Å². The Kier molecular flexibility index (Phi) is 11.3. The highest BCUT2D eigenvalue weighted by Crippen LogP contribution is 2.08. The first-order chi connectivity index (χ1) is 9.70. The fourth-order valence-corrected chi connectivity index (χ4v) is 1.70. The lowest BCUT2D eigenvalue weighted by Crippen LogP contribution is -2.33. The molecule has 0 N–H and O–H groups in total. The van der Waals surface area contributed by atoms with Crippen LogP contribution in [0.3, 0.4) is 0 Å². The first-order valence-electron chi connectivity index (χ1n) is 7.90. The lowest BCUT2D eigenvalue weighted by molar-refractivity contribution is -0.234. The normalized spacial score (nSPS) is 12.9. The second kappa shape index (κ2) is 11.4. The van der Waals surface area contributed by atoms with Gasteiger partial charge in [0, 0.05) is 0 Å². The Morgan fingerprint density at radius 2 is 0.714 bits per heavy atom. The molecule has 0 unspecified atom stereocenters. The van der Waals surface area contributed by atoms with Crippen LogP contribution in [0.1, 0.15) is 55.4 Å². The first kappa shape index (κ1) is 20.8. The molecule has 0 aromatic carbocycles. The molecule has 0 aliphatic rings. The monoisotopic (exact) mass is 306 g/mol. The van der Waals surface area contributed by atoms with E-state index in [1.165, 1.54) is 0 Å². The zero-order valence-corrected chi connectivity index (χ0v) is 14.9. The van der Waals surface area contributed by atoms with Crippen molar-refractivity contribution in [2.24, 2.45) is 0 Å². The van der Waals surface area contributed by atoms with Crippen LogP contribution in [-0.4, -0.2) is 50.2 Å². The second-order valence-corrected chi connectivity index (χ2v) is 6.14. The fraction of sp³-hybridized carbons (Fsp3) is 1.00. The van der Waals surface area contributed by atoms with E-state index in [4.69, 9.17) is 23.7 Å². The van der Waals surface area contributed by atoms with Crippen LogP contribution >= 0.6 is 0 Å². The summed E-state index contributed by atoms with van der Waals surface area (Å²) in [4.78, 5) is 0. The van der Waals surface area contributed by atoms with E-state index in [0.717, 1.165) is 0 Å². The van der Waals surface area contributed by atoms with Gasteiger partial charge in [0.1, 0.15) is 0 Å². The molecule has 21 heavy (non-hydrogen) atoms. The third-order valence-corrected chi connectivity index (χ3v) is 2.20. The largest absolute Gasteiger partial charge is 0.371 e. The minimum absolute atomic E-state index is 0.0898. The molecule has 0 aliphatic heterocycles. The van der Waals surface area contributed by atoms with Crippen LogP contribution in [0.4, 0.5) is 0 Å². The molecule has 0 heterocycles. The molecule has 0 fully saturated rings. The Morgan fingerprint density at radius 3 is 0.905 bits per heavy atom. The summed E-state index contributed by atoms with van der Waals surface area (Å²) in [5.41, 5.74) is 0. The number of hydrogen-bond acceptors (Lipinski definition) is 5. The summed E-state index contributed by atoms with van der Waals surface area (Å²) in [6.45, 7) is 16.5. The summed E-state index contributed by atoms with van der Waals surface area (Å²) in [5, 5.41) is 0. The fourth-order valence-electron chi connectivity index (χ4n) is 1.70. The van der Waals surface area contributed by atoms with E-state index in [9.17, 15) is 0 Å². The van der Waals surface area contributed by atoms with E-state index in [0.29, 0.717) is 13.2 Å². The van der Waals surface area contributed by atoms with Gasteiger partial charge in [0.2, 0.25) is 0 Å². The van der Waals surface area contributed by atoms with E-state index in [-0.39, 0.29) is 37.0 Å². The molecule has 0 rings (SSSR count).